The van der Waals surface area contributed by atoms with E-state index in [0.29, 0.717) is 5.82 Å². The molecule has 6 heteroatoms. The first kappa shape index (κ1) is 11.2. The Kier molecular flexibility index (Phi) is 2.71. The molecule has 0 aromatic carbocycles. The van der Waals surface area contributed by atoms with E-state index in [2.05, 4.69) is 26.3 Å². The summed E-state index contributed by atoms with van der Waals surface area (Å²) >= 11 is 1.77. The van der Waals surface area contributed by atoms with Crippen LogP contribution in [0.4, 0.5) is 5.82 Å². The molecule has 2 aromatic heterocycles. The zero-order valence-corrected chi connectivity index (χ0v) is 10.4. The second-order valence-corrected chi connectivity index (χ2v) is 5.11. The van der Waals surface area contributed by atoms with Crippen LogP contribution in [0.1, 0.15) is 20.9 Å². The number of rotatable bonds is 2. The van der Waals surface area contributed by atoms with E-state index in [1.807, 2.05) is 0 Å². The molecule has 2 aromatic rings. The monoisotopic (exact) mass is 261 g/mol. The van der Waals surface area contributed by atoms with Gasteiger partial charge in [0, 0.05) is 18.0 Å². The summed E-state index contributed by atoms with van der Waals surface area (Å²) in [7, 11) is 0. The van der Waals surface area contributed by atoms with Crippen LogP contribution in [0.2, 0.25) is 0 Å². The molecule has 3 heterocycles. The molecule has 92 valence electrons. The lowest BCUT2D eigenvalue weighted by Crippen LogP contribution is -2.30. The summed E-state index contributed by atoms with van der Waals surface area (Å²) in [5.41, 5.74) is 1.29. The SMILES string of the molecule is O=C(O)c1cncc(N2CCc3sccc3C2)n1. The average molecular weight is 261 g/mol. The Labute approximate surface area is 108 Å². The molecule has 1 aliphatic rings. The Hall–Kier alpha value is -1.95. The summed E-state index contributed by atoms with van der Waals surface area (Å²) in [5.74, 6) is -0.413. The quantitative estimate of drug-likeness (QED) is 0.893. The van der Waals surface area contributed by atoms with E-state index in [4.69, 9.17) is 5.11 Å². The van der Waals surface area contributed by atoms with Crippen molar-refractivity contribution in [2.24, 2.45) is 0 Å². The fourth-order valence-corrected chi connectivity index (χ4v) is 2.94. The highest BCUT2D eigenvalue weighted by molar-refractivity contribution is 7.10. The lowest BCUT2D eigenvalue weighted by Gasteiger charge is -2.27. The van der Waals surface area contributed by atoms with Crippen LogP contribution >= 0.6 is 11.3 Å². The normalized spacial score (nSPS) is 14.3. The third kappa shape index (κ3) is 1.95. The smallest absolute Gasteiger partial charge is 0.356 e. The van der Waals surface area contributed by atoms with E-state index in [-0.39, 0.29) is 5.69 Å². The summed E-state index contributed by atoms with van der Waals surface area (Å²) in [5, 5.41) is 11.0. The number of carboxylic acids is 1. The van der Waals surface area contributed by atoms with Crippen LogP contribution < -0.4 is 4.90 Å². The van der Waals surface area contributed by atoms with Gasteiger partial charge in [0.2, 0.25) is 0 Å². The van der Waals surface area contributed by atoms with E-state index in [1.54, 1.807) is 17.5 Å². The number of nitrogens with zero attached hydrogens (tertiary/aromatic N) is 3. The standard InChI is InChI=1S/C12H11N3O2S/c16-12(17)9-5-13-6-11(14-9)15-3-1-10-8(7-15)2-4-18-10/h2,4-6H,1,3,7H2,(H,16,17). The van der Waals surface area contributed by atoms with E-state index >= 15 is 0 Å². The minimum atomic E-state index is -1.04. The highest BCUT2D eigenvalue weighted by Gasteiger charge is 2.19. The number of thiophene rings is 1. The molecule has 0 saturated heterocycles. The van der Waals surface area contributed by atoms with E-state index in [1.165, 1.54) is 16.6 Å². The molecule has 0 fully saturated rings. The Morgan fingerprint density at radius 1 is 1.44 bits per heavy atom. The van der Waals surface area contributed by atoms with Crippen molar-refractivity contribution in [1.82, 2.24) is 9.97 Å². The molecule has 5 nitrogen and oxygen atoms in total. The number of aromatic carboxylic acids is 1. The lowest BCUT2D eigenvalue weighted by molar-refractivity contribution is 0.0690. The van der Waals surface area contributed by atoms with Crippen molar-refractivity contribution in [1.29, 1.82) is 0 Å². The molecule has 0 atom stereocenters. The first-order valence-electron chi connectivity index (χ1n) is 5.59. The molecular formula is C12H11N3O2S. The van der Waals surface area contributed by atoms with Crippen LogP contribution in [0, 0.1) is 0 Å². The van der Waals surface area contributed by atoms with Gasteiger partial charge in [-0.2, -0.15) is 0 Å². The van der Waals surface area contributed by atoms with Gasteiger partial charge >= 0.3 is 5.97 Å². The predicted octanol–water partition coefficient (Wildman–Crippen LogP) is 1.80. The number of hydrogen-bond donors (Lipinski definition) is 1. The van der Waals surface area contributed by atoms with Gasteiger partial charge in [0.1, 0.15) is 5.82 Å². The molecule has 0 amide bonds. The molecule has 0 radical (unpaired) electrons. The molecule has 0 spiro atoms. The third-order valence-corrected chi connectivity index (χ3v) is 4.00. The van der Waals surface area contributed by atoms with E-state index < -0.39 is 5.97 Å². The third-order valence-electron chi connectivity index (χ3n) is 2.97. The molecule has 0 bridgehead atoms. The van der Waals surface area contributed by atoms with Gasteiger partial charge in [-0.05, 0) is 23.4 Å². The van der Waals surface area contributed by atoms with Gasteiger partial charge < -0.3 is 10.0 Å². The van der Waals surface area contributed by atoms with E-state index in [0.717, 1.165) is 19.5 Å². The summed E-state index contributed by atoms with van der Waals surface area (Å²) < 4.78 is 0. The van der Waals surface area contributed by atoms with Crippen molar-refractivity contribution in [3.05, 3.63) is 40.0 Å². The fraction of sp³-hybridized carbons (Fsp3) is 0.250. The maximum absolute atomic E-state index is 10.9. The number of carboxylic acid groups (broad SMARTS) is 1. The minimum absolute atomic E-state index is 0.0105. The largest absolute Gasteiger partial charge is 0.476 e. The number of anilines is 1. The van der Waals surface area contributed by atoms with Crippen molar-refractivity contribution in [2.45, 2.75) is 13.0 Å². The van der Waals surface area contributed by atoms with Gasteiger partial charge in [-0.15, -0.1) is 11.3 Å². The maximum Gasteiger partial charge on any atom is 0.356 e. The molecule has 0 unspecified atom stereocenters. The summed E-state index contributed by atoms with van der Waals surface area (Å²) in [6.07, 6.45) is 3.86. The second kappa shape index (κ2) is 4.38. The van der Waals surface area contributed by atoms with E-state index in [9.17, 15) is 4.79 Å². The maximum atomic E-state index is 10.9. The Bertz CT molecular complexity index is 597. The zero-order valence-electron chi connectivity index (χ0n) is 9.54. The minimum Gasteiger partial charge on any atom is -0.476 e. The number of fused-ring (bicyclic) bond motifs is 1. The second-order valence-electron chi connectivity index (χ2n) is 4.11. The van der Waals surface area contributed by atoms with Crippen molar-refractivity contribution in [3.63, 3.8) is 0 Å². The summed E-state index contributed by atoms with van der Waals surface area (Å²) in [6, 6.07) is 2.11. The van der Waals surface area contributed by atoms with Crippen LogP contribution in [0.25, 0.3) is 0 Å². The van der Waals surface area contributed by atoms with Gasteiger partial charge in [0.15, 0.2) is 5.69 Å². The van der Waals surface area contributed by atoms with Crippen LogP contribution in [0.15, 0.2) is 23.8 Å². The topological polar surface area (TPSA) is 66.3 Å². The molecule has 1 N–H and O–H groups in total. The van der Waals surface area contributed by atoms with Gasteiger partial charge in [0.25, 0.3) is 0 Å². The van der Waals surface area contributed by atoms with Crippen LogP contribution in [-0.2, 0) is 13.0 Å². The van der Waals surface area contributed by atoms with Crippen LogP contribution in [0.3, 0.4) is 0 Å². The van der Waals surface area contributed by atoms with Crippen molar-refractivity contribution >= 4 is 23.1 Å². The summed E-state index contributed by atoms with van der Waals surface area (Å²) in [4.78, 5) is 22.4. The average Bonchev–Trinajstić information content (AvgIpc) is 2.86. The Morgan fingerprint density at radius 2 is 2.33 bits per heavy atom. The molecular weight excluding hydrogens is 250 g/mol. The summed E-state index contributed by atoms with van der Waals surface area (Å²) in [6.45, 7) is 1.63. The van der Waals surface area contributed by atoms with Gasteiger partial charge in [-0.25, -0.2) is 9.78 Å². The molecule has 18 heavy (non-hydrogen) atoms. The van der Waals surface area contributed by atoms with Crippen LogP contribution in [0.5, 0.6) is 0 Å². The molecule has 1 aliphatic heterocycles. The Balaban J connectivity index is 1.88. The van der Waals surface area contributed by atoms with Crippen LogP contribution in [-0.4, -0.2) is 27.6 Å². The van der Waals surface area contributed by atoms with Crippen molar-refractivity contribution in [3.8, 4) is 0 Å². The first-order chi connectivity index (χ1) is 8.74. The fourth-order valence-electron chi connectivity index (χ4n) is 2.06. The molecule has 3 rings (SSSR count). The number of carbonyl (C=O) groups is 1. The van der Waals surface area contributed by atoms with Crippen molar-refractivity contribution < 1.29 is 9.90 Å². The number of hydrogen-bond acceptors (Lipinski definition) is 5. The van der Waals surface area contributed by atoms with Gasteiger partial charge in [-0.1, -0.05) is 0 Å². The van der Waals surface area contributed by atoms with Crippen molar-refractivity contribution in [2.75, 3.05) is 11.4 Å². The predicted molar refractivity (Wildman–Crippen MR) is 68.1 cm³/mol. The highest BCUT2D eigenvalue weighted by Crippen LogP contribution is 2.26. The first-order valence-corrected chi connectivity index (χ1v) is 6.47. The molecule has 0 saturated carbocycles. The lowest BCUT2D eigenvalue weighted by atomic mass is 10.1. The zero-order chi connectivity index (χ0) is 12.5. The highest BCUT2D eigenvalue weighted by atomic mass is 32.1. The number of aromatic nitrogens is 2. The Morgan fingerprint density at radius 3 is 3.17 bits per heavy atom. The van der Waals surface area contributed by atoms with Gasteiger partial charge in [-0.3, -0.25) is 4.98 Å². The van der Waals surface area contributed by atoms with Gasteiger partial charge in [0.05, 0.1) is 12.4 Å². The molecule has 0 aliphatic carbocycles.